The molecule has 0 aromatic carbocycles. The van der Waals surface area contributed by atoms with Crippen molar-refractivity contribution in [1.82, 2.24) is 15.1 Å². The van der Waals surface area contributed by atoms with E-state index in [1.807, 2.05) is 17.9 Å². The lowest BCUT2D eigenvalue weighted by molar-refractivity contribution is 0.172. The van der Waals surface area contributed by atoms with Crippen LogP contribution >= 0.6 is 0 Å². The minimum Gasteiger partial charge on any atom is -0.317 e. The van der Waals surface area contributed by atoms with Crippen LogP contribution in [0, 0.1) is 17.8 Å². The van der Waals surface area contributed by atoms with Gasteiger partial charge in [0.05, 0.1) is 5.69 Å². The highest BCUT2D eigenvalue weighted by atomic mass is 15.2. The molecule has 1 aliphatic rings. The number of aromatic nitrogens is 2. The van der Waals surface area contributed by atoms with Crippen molar-refractivity contribution < 1.29 is 0 Å². The van der Waals surface area contributed by atoms with E-state index in [9.17, 15) is 0 Å². The van der Waals surface area contributed by atoms with Crippen LogP contribution in [0.3, 0.4) is 0 Å². The molecule has 3 unspecified atom stereocenters. The van der Waals surface area contributed by atoms with Crippen molar-refractivity contribution in [1.29, 1.82) is 0 Å². The molecule has 102 valence electrons. The molecule has 0 saturated heterocycles. The van der Waals surface area contributed by atoms with E-state index in [-0.39, 0.29) is 0 Å². The Labute approximate surface area is 111 Å². The van der Waals surface area contributed by atoms with Gasteiger partial charge in [0, 0.05) is 19.3 Å². The average molecular weight is 249 g/mol. The van der Waals surface area contributed by atoms with Crippen LogP contribution in [0.4, 0.5) is 0 Å². The summed E-state index contributed by atoms with van der Waals surface area (Å²) in [6.45, 7) is 4.73. The maximum Gasteiger partial charge on any atom is 0.0627 e. The van der Waals surface area contributed by atoms with Crippen molar-refractivity contribution in [2.75, 3.05) is 7.05 Å². The molecule has 0 bridgehead atoms. The normalized spacial score (nSPS) is 28.8. The number of hydrogen-bond donors (Lipinski definition) is 1. The van der Waals surface area contributed by atoms with Gasteiger partial charge >= 0.3 is 0 Å². The third-order valence-corrected chi connectivity index (χ3v) is 4.58. The zero-order valence-corrected chi connectivity index (χ0v) is 12.2. The Kier molecular flexibility index (Phi) is 4.44. The summed E-state index contributed by atoms with van der Waals surface area (Å²) in [6, 6.07) is 2.83. The molecule has 1 saturated carbocycles. The number of rotatable bonds is 4. The Bertz CT molecular complexity index is 370. The highest BCUT2D eigenvalue weighted by molar-refractivity contribution is 5.02. The summed E-state index contributed by atoms with van der Waals surface area (Å²) in [5.41, 5.74) is 1.24. The lowest BCUT2D eigenvalue weighted by Gasteiger charge is -2.37. The van der Waals surface area contributed by atoms with Crippen LogP contribution in [0.1, 0.15) is 38.8 Å². The van der Waals surface area contributed by atoms with Gasteiger partial charge in [-0.1, -0.05) is 13.8 Å². The summed E-state index contributed by atoms with van der Waals surface area (Å²) in [5, 5.41) is 8.04. The number of hydrogen-bond acceptors (Lipinski definition) is 2. The van der Waals surface area contributed by atoms with Gasteiger partial charge in [0.2, 0.25) is 0 Å². The molecule has 2 rings (SSSR count). The van der Waals surface area contributed by atoms with Crippen LogP contribution in [-0.4, -0.2) is 22.9 Å². The van der Waals surface area contributed by atoms with Crippen molar-refractivity contribution in [3.8, 4) is 0 Å². The minimum atomic E-state index is 0.669. The van der Waals surface area contributed by atoms with Crippen molar-refractivity contribution in [3.05, 3.63) is 18.0 Å². The second-order valence-corrected chi connectivity index (χ2v) is 6.16. The first-order chi connectivity index (χ1) is 8.60. The van der Waals surface area contributed by atoms with Crippen LogP contribution in [0.2, 0.25) is 0 Å². The standard InChI is InChI=1S/C15H27N3/c1-11(2)12-5-6-15(16-3)13(9-12)10-14-7-8-18(4)17-14/h7-8,11-13,15-16H,5-6,9-10H2,1-4H3. The number of nitrogens with one attached hydrogen (secondary N) is 1. The molecule has 3 atom stereocenters. The molecule has 1 aromatic heterocycles. The molecule has 0 spiro atoms. The molecule has 1 fully saturated rings. The van der Waals surface area contributed by atoms with Gasteiger partial charge in [-0.15, -0.1) is 0 Å². The zero-order valence-electron chi connectivity index (χ0n) is 12.2. The van der Waals surface area contributed by atoms with E-state index < -0.39 is 0 Å². The molecular weight excluding hydrogens is 222 g/mol. The molecule has 3 heteroatoms. The van der Waals surface area contributed by atoms with Crippen molar-refractivity contribution >= 4 is 0 Å². The Hall–Kier alpha value is -0.830. The first-order valence-electron chi connectivity index (χ1n) is 7.26. The second kappa shape index (κ2) is 5.87. The fourth-order valence-electron chi connectivity index (χ4n) is 3.35. The Balaban J connectivity index is 2.02. The van der Waals surface area contributed by atoms with Gasteiger partial charge in [0.15, 0.2) is 0 Å². The topological polar surface area (TPSA) is 29.9 Å². The van der Waals surface area contributed by atoms with E-state index in [4.69, 9.17) is 0 Å². The first-order valence-corrected chi connectivity index (χ1v) is 7.26. The van der Waals surface area contributed by atoms with Gasteiger partial charge < -0.3 is 5.32 Å². The van der Waals surface area contributed by atoms with Crippen LogP contribution in [0.15, 0.2) is 12.3 Å². The second-order valence-electron chi connectivity index (χ2n) is 6.16. The Morgan fingerprint density at radius 3 is 2.78 bits per heavy atom. The molecule has 0 amide bonds. The van der Waals surface area contributed by atoms with Gasteiger partial charge in [-0.2, -0.15) is 5.10 Å². The number of aryl methyl sites for hydroxylation is 1. The smallest absolute Gasteiger partial charge is 0.0627 e. The van der Waals surface area contributed by atoms with Gasteiger partial charge in [-0.3, -0.25) is 4.68 Å². The zero-order chi connectivity index (χ0) is 13.1. The summed E-state index contributed by atoms with van der Waals surface area (Å²) >= 11 is 0. The third kappa shape index (κ3) is 3.14. The molecule has 3 nitrogen and oxygen atoms in total. The van der Waals surface area contributed by atoms with E-state index in [2.05, 4.69) is 37.4 Å². The maximum absolute atomic E-state index is 4.53. The molecule has 1 aliphatic carbocycles. The van der Waals surface area contributed by atoms with Crippen LogP contribution < -0.4 is 5.32 Å². The highest BCUT2D eigenvalue weighted by Gasteiger charge is 2.31. The molecule has 1 heterocycles. The van der Waals surface area contributed by atoms with Crippen LogP contribution in [0.5, 0.6) is 0 Å². The van der Waals surface area contributed by atoms with Gasteiger partial charge in [-0.25, -0.2) is 0 Å². The highest BCUT2D eigenvalue weighted by Crippen LogP contribution is 2.35. The monoisotopic (exact) mass is 249 g/mol. The van der Waals surface area contributed by atoms with Crippen molar-refractivity contribution in [3.63, 3.8) is 0 Å². The molecule has 0 radical (unpaired) electrons. The summed E-state index contributed by atoms with van der Waals surface area (Å²) in [4.78, 5) is 0. The predicted molar refractivity (Wildman–Crippen MR) is 75.4 cm³/mol. The maximum atomic E-state index is 4.53. The van der Waals surface area contributed by atoms with Gasteiger partial charge in [-0.05, 0) is 56.6 Å². The fraction of sp³-hybridized carbons (Fsp3) is 0.800. The predicted octanol–water partition coefficient (Wildman–Crippen LogP) is 2.62. The summed E-state index contributed by atoms with van der Waals surface area (Å²) < 4.78 is 1.91. The fourth-order valence-corrected chi connectivity index (χ4v) is 3.35. The Morgan fingerprint density at radius 2 is 2.22 bits per heavy atom. The average Bonchev–Trinajstić information content (AvgIpc) is 2.74. The van der Waals surface area contributed by atoms with E-state index in [0.717, 1.165) is 24.2 Å². The largest absolute Gasteiger partial charge is 0.317 e. The first kappa shape index (κ1) is 13.6. The van der Waals surface area contributed by atoms with E-state index in [0.29, 0.717) is 6.04 Å². The van der Waals surface area contributed by atoms with E-state index in [1.165, 1.54) is 25.0 Å². The third-order valence-electron chi connectivity index (χ3n) is 4.58. The quantitative estimate of drug-likeness (QED) is 0.889. The molecular formula is C15H27N3. The SMILES string of the molecule is CNC1CCC(C(C)C)CC1Cc1ccn(C)n1. The summed E-state index contributed by atoms with van der Waals surface area (Å²) in [7, 11) is 4.10. The molecule has 18 heavy (non-hydrogen) atoms. The van der Waals surface area contributed by atoms with Crippen LogP contribution in [0.25, 0.3) is 0 Å². The lowest BCUT2D eigenvalue weighted by Crippen LogP contribution is -2.40. The van der Waals surface area contributed by atoms with Crippen LogP contribution in [-0.2, 0) is 13.5 Å². The molecule has 0 aliphatic heterocycles. The van der Waals surface area contributed by atoms with Crippen molar-refractivity contribution in [2.24, 2.45) is 24.8 Å². The Morgan fingerprint density at radius 1 is 1.44 bits per heavy atom. The van der Waals surface area contributed by atoms with Crippen molar-refractivity contribution in [2.45, 2.75) is 45.6 Å². The number of nitrogens with zero attached hydrogens (tertiary/aromatic N) is 2. The lowest BCUT2D eigenvalue weighted by atomic mass is 9.72. The summed E-state index contributed by atoms with van der Waals surface area (Å²) in [6.07, 6.45) is 7.21. The molecule has 1 N–H and O–H groups in total. The van der Waals surface area contributed by atoms with E-state index in [1.54, 1.807) is 0 Å². The van der Waals surface area contributed by atoms with Gasteiger partial charge in [0.25, 0.3) is 0 Å². The minimum absolute atomic E-state index is 0.669. The van der Waals surface area contributed by atoms with Gasteiger partial charge in [0.1, 0.15) is 0 Å². The molecule has 1 aromatic rings. The summed E-state index contributed by atoms with van der Waals surface area (Å²) in [5.74, 6) is 2.45. The van der Waals surface area contributed by atoms with E-state index >= 15 is 0 Å².